The van der Waals surface area contributed by atoms with Crippen LogP contribution in [0.5, 0.6) is 0 Å². The Morgan fingerprint density at radius 3 is 2.11 bits per heavy atom. The molecule has 1 atom stereocenters. The quantitative estimate of drug-likeness (QED) is 0.569. The molecule has 0 aromatic heterocycles. The number of hydrogen-bond donors (Lipinski definition) is 2. The number of nitrogens with one attached hydrogen (secondary N) is 2. The minimum Gasteiger partial charge on any atom is -0.359 e. The molecule has 0 aliphatic heterocycles. The lowest BCUT2D eigenvalue weighted by Gasteiger charge is -2.21. The molecule has 5 nitrogen and oxygen atoms in total. The Morgan fingerprint density at radius 1 is 1.00 bits per heavy atom. The maximum absolute atomic E-state index is 11.5. The highest BCUT2D eigenvalue weighted by Gasteiger charge is 2.22. The molecule has 1 fully saturated rings. The summed E-state index contributed by atoms with van der Waals surface area (Å²) >= 11 is 0. The van der Waals surface area contributed by atoms with E-state index >= 15 is 0 Å². The molecule has 0 aromatic rings. The summed E-state index contributed by atoms with van der Waals surface area (Å²) in [6.45, 7) is 9.09. The van der Waals surface area contributed by atoms with Crippen LogP contribution in [0.1, 0.15) is 94.8 Å². The van der Waals surface area contributed by atoms with Gasteiger partial charge in [-0.3, -0.25) is 14.4 Å². The Balaban J connectivity index is -0.000000459. The third kappa shape index (κ3) is 13.4. The van der Waals surface area contributed by atoms with Crippen molar-refractivity contribution in [2.24, 2.45) is 17.8 Å². The van der Waals surface area contributed by atoms with Gasteiger partial charge in [-0.2, -0.15) is 0 Å². The van der Waals surface area contributed by atoms with Crippen LogP contribution in [-0.4, -0.2) is 31.2 Å². The number of Topliss-reactive ketones (excluding diaryl/α,β-unsaturated/α-hetero) is 1. The first-order valence-corrected chi connectivity index (χ1v) is 10.8. The highest BCUT2D eigenvalue weighted by Crippen LogP contribution is 2.26. The second-order valence-electron chi connectivity index (χ2n) is 8.07. The molecule has 0 bridgehead atoms. The van der Waals surface area contributed by atoms with Gasteiger partial charge in [-0.05, 0) is 31.6 Å². The van der Waals surface area contributed by atoms with E-state index in [1.165, 1.54) is 19.3 Å². The molecule has 0 radical (unpaired) electrons. The minimum atomic E-state index is -0.00703. The summed E-state index contributed by atoms with van der Waals surface area (Å²) < 4.78 is 0. The Labute approximate surface area is 169 Å². The Morgan fingerprint density at radius 2 is 1.59 bits per heavy atom. The molecule has 1 aliphatic rings. The minimum absolute atomic E-state index is 0. The van der Waals surface area contributed by atoms with Crippen LogP contribution in [0.25, 0.3) is 0 Å². The lowest BCUT2D eigenvalue weighted by molar-refractivity contribution is -0.127. The molecular formula is C22H46N2O3. The first kappa shape index (κ1) is 25.6. The first-order valence-electron chi connectivity index (χ1n) is 10.8. The summed E-state index contributed by atoms with van der Waals surface area (Å²) in [5.41, 5.74) is 0. The molecule has 5 heteroatoms. The van der Waals surface area contributed by atoms with Gasteiger partial charge in [-0.15, -0.1) is 0 Å². The van der Waals surface area contributed by atoms with Crippen LogP contribution in [0.3, 0.4) is 0 Å². The molecule has 162 valence electrons. The number of ketones is 1. The van der Waals surface area contributed by atoms with E-state index < -0.39 is 0 Å². The second-order valence-corrected chi connectivity index (χ2v) is 8.07. The van der Waals surface area contributed by atoms with Crippen LogP contribution < -0.4 is 10.6 Å². The zero-order chi connectivity index (χ0) is 20.7. The SMILES string of the molecule is CC(C)C(=O)C1CCCCC1.CCC(C)CCNC(=O)CCCC(=O)NC.[HH].[HH]. The van der Waals surface area contributed by atoms with Crippen molar-refractivity contribution in [3.8, 4) is 0 Å². The Bertz CT molecular complexity index is 440. The van der Waals surface area contributed by atoms with Gasteiger partial charge in [0.2, 0.25) is 11.8 Å². The third-order valence-electron chi connectivity index (χ3n) is 5.32. The van der Waals surface area contributed by atoms with Gasteiger partial charge in [0.15, 0.2) is 0 Å². The molecule has 0 heterocycles. The van der Waals surface area contributed by atoms with Gasteiger partial charge in [0.1, 0.15) is 5.78 Å². The fraction of sp³-hybridized carbons (Fsp3) is 0.864. The van der Waals surface area contributed by atoms with Gasteiger partial charge < -0.3 is 10.6 Å². The number of hydrogen-bond acceptors (Lipinski definition) is 3. The second kappa shape index (κ2) is 15.6. The smallest absolute Gasteiger partial charge is 0.220 e. The van der Waals surface area contributed by atoms with E-state index in [2.05, 4.69) is 24.5 Å². The Hall–Kier alpha value is -1.39. The summed E-state index contributed by atoms with van der Waals surface area (Å²) in [7, 11) is 1.61. The van der Waals surface area contributed by atoms with Crippen molar-refractivity contribution in [1.29, 1.82) is 0 Å². The number of carbonyl (C=O) groups is 3. The van der Waals surface area contributed by atoms with E-state index in [0.717, 1.165) is 32.2 Å². The Kier molecular flexibility index (Phi) is 14.8. The van der Waals surface area contributed by atoms with E-state index in [1.54, 1.807) is 7.05 Å². The lowest BCUT2D eigenvalue weighted by atomic mass is 9.83. The predicted octanol–water partition coefficient (Wildman–Crippen LogP) is 4.74. The van der Waals surface area contributed by atoms with E-state index in [1.807, 2.05) is 13.8 Å². The summed E-state index contributed by atoms with van der Waals surface area (Å²) in [6, 6.07) is 0. The fourth-order valence-electron chi connectivity index (χ4n) is 3.14. The van der Waals surface area contributed by atoms with Crippen molar-refractivity contribution in [3.05, 3.63) is 0 Å². The van der Waals surface area contributed by atoms with Crippen molar-refractivity contribution in [3.63, 3.8) is 0 Å². The van der Waals surface area contributed by atoms with E-state index in [-0.39, 0.29) is 20.6 Å². The molecule has 27 heavy (non-hydrogen) atoms. The molecule has 1 saturated carbocycles. The standard InChI is InChI=1S/C12H24N2O2.C10H18O.2H2/c1-4-10(2)8-9-14-12(16)7-5-6-11(15)13-3;1-8(2)10(11)9-6-4-3-5-7-9;;/h10H,4-9H2,1-3H3,(H,13,15)(H,14,16);8-9H,3-7H2,1-2H3;2*1H. The van der Waals surface area contributed by atoms with Crippen molar-refractivity contribution in [2.45, 2.75) is 91.9 Å². The summed E-state index contributed by atoms with van der Waals surface area (Å²) in [6.07, 6.45) is 9.82. The first-order chi connectivity index (χ1) is 12.8. The van der Waals surface area contributed by atoms with Crippen LogP contribution in [0.4, 0.5) is 0 Å². The maximum Gasteiger partial charge on any atom is 0.220 e. The molecule has 0 spiro atoms. The molecule has 2 N–H and O–H groups in total. The van der Waals surface area contributed by atoms with Gasteiger partial charge in [-0.25, -0.2) is 0 Å². The molecular weight excluding hydrogens is 340 g/mol. The predicted molar refractivity (Wildman–Crippen MR) is 116 cm³/mol. The zero-order valence-electron chi connectivity index (χ0n) is 18.2. The van der Waals surface area contributed by atoms with E-state index in [4.69, 9.17) is 0 Å². The third-order valence-corrected chi connectivity index (χ3v) is 5.32. The lowest BCUT2D eigenvalue weighted by Crippen LogP contribution is -2.26. The highest BCUT2D eigenvalue weighted by atomic mass is 16.2. The van der Waals surface area contributed by atoms with Crippen LogP contribution >= 0.6 is 0 Å². The van der Waals surface area contributed by atoms with Crippen molar-refractivity contribution < 1.29 is 17.2 Å². The normalized spacial score (nSPS) is 15.5. The molecule has 1 unspecified atom stereocenters. The van der Waals surface area contributed by atoms with E-state index in [0.29, 0.717) is 36.9 Å². The summed E-state index contributed by atoms with van der Waals surface area (Å²) in [4.78, 5) is 33.7. The highest BCUT2D eigenvalue weighted by molar-refractivity contribution is 5.82. The molecule has 2 amide bonds. The molecule has 1 rings (SSSR count). The van der Waals surface area contributed by atoms with Crippen molar-refractivity contribution in [2.75, 3.05) is 13.6 Å². The van der Waals surface area contributed by atoms with Gasteiger partial charge in [0, 0.05) is 41.1 Å². The van der Waals surface area contributed by atoms with Crippen LogP contribution in [0.2, 0.25) is 0 Å². The van der Waals surface area contributed by atoms with Gasteiger partial charge in [-0.1, -0.05) is 53.4 Å². The van der Waals surface area contributed by atoms with Gasteiger partial charge in [0.25, 0.3) is 0 Å². The monoisotopic (exact) mass is 386 g/mol. The van der Waals surface area contributed by atoms with Gasteiger partial charge in [0.05, 0.1) is 0 Å². The topological polar surface area (TPSA) is 75.3 Å². The fourth-order valence-corrected chi connectivity index (χ4v) is 3.14. The van der Waals surface area contributed by atoms with Crippen LogP contribution in [0.15, 0.2) is 0 Å². The average Bonchev–Trinajstić information content (AvgIpc) is 2.68. The van der Waals surface area contributed by atoms with E-state index in [9.17, 15) is 14.4 Å². The summed E-state index contributed by atoms with van der Waals surface area (Å²) in [5, 5.41) is 5.40. The van der Waals surface area contributed by atoms with Crippen LogP contribution in [-0.2, 0) is 14.4 Å². The summed E-state index contributed by atoms with van der Waals surface area (Å²) in [5.74, 6) is 1.84. The van der Waals surface area contributed by atoms with Crippen molar-refractivity contribution >= 4 is 17.6 Å². The largest absolute Gasteiger partial charge is 0.359 e. The maximum atomic E-state index is 11.5. The van der Waals surface area contributed by atoms with Gasteiger partial charge >= 0.3 is 0 Å². The van der Waals surface area contributed by atoms with Crippen LogP contribution in [0, 0.1) is 17.8 Å². The zero-order valence-corrected chi connectivity index (χ0v) is 18.2. The average molecular weight is 387 g/mol. The van der Waals surface area contributed by atoms with Crippen molar-refractivity contribution in [1.82, 2.24) is 10.6 Å². The number of amides is 2. The molecule has 1 aliphatic carbocycles. The number of rotatable bonds is 10. The number of carbonyl (C=O) groups excluding carboxylic acids is 3. The molecule has 0 aromatic carbocycles. The molecule has 0 saturated heterocycles.